The summed E-state index contributed by atoms with van der Waals surface area (Å²) < 4.78 is 5.59. The number of hydrogen-bond acceptors (Lipinski definition) is 5. The van der Waals surface area contributed by atoms with Crippen molar-refractivity contribution >= 4 is 0 Å². The second-order valence-electron chi connectivity index (χ2n) is 5.98. The molecule has 3 rings (SSSR count). The zero-order valence-electron chi connectivity index (χ0n) is 13.5. The standard InChI is InChI=1S/C17H24N4O/c1-3-16-18-19-17(22-16)13-21-9-7-20(8-10-21)12-15-6-4-5-14(2)11-15/h4-6,11H,3,7-10,12-13H2,1-2H3. The lowest BCUT2D eigenvalue weighted by atomic mass is 10.1. The smallest absolute Gasteiger partial charge is 0.230 e. The molecule has 0 atom stereocenters. The van der Waals surface area contributed by atoms with Crippen molar-refractivity contribution in [2.24, 2.45) is 0 Å². The molecular weight excluding hydrogens is 276 g/mol. The third-order valence-corrected chi connectivity index (χ3v) is 4.12. The molecule has 0 radical (unpaired) electrons. The van der Waals surface area contributed by atoms with Gasteiger partial charge in [-0.1, -0.05) is 36.8 Å². The Kier molecular flexibility index (Phi) is 4.85. The first kappa shape index (κ1) is 15.2. The van der Waals surface area contributed by atoms with Crippen molar-refractivity contribution in [2.45, 2.75) is 33.4 Å². The summed E-state index contributed by atoms with van der Waals surface area (Å²) in [7, 11) is 0. The van der Waals surface area contributed by atoms with Gasteiger partial charge in [-0.15, -0.1) is 10.2 Å². The van der Waals surface area contributed by atoms with Gasteiger partial charge in [0.15, 0.2) is 0 Å². The van der Waals surface area contributed by atoms with Gasteiger partial charge in [0, 0.05) is 39.1 Å². The van der Waals surface area contributed by atoms with Crippen molar-refractivity contribution < 1.29 is 4.42 Å². The molecule has 0 aliphatic carbocycles. The van der Waals surface area contributed by atoms with Crippen LogP contribution in [0, 0.1) is 6.92 Å². The van der Waals surface area contributed by atoms with Crippen molar-refractivity contribution in [1.82, 2.24) is 20.0 Å². The maximum atomic E-state index is 5.59. The van der Waals surface area contributed by atoms with Crippen molar-refractivity contribution in [3.8, 4) is 0 Å². The van der Waals surface area contributed by atoms with E-state index in [0.717, 1.165) is 57.5 Å². The Hall–Kier alpha value is -1.72. The molecule has 0 bridgehead atoms. The topological polar surface area (TPSA) is 45.4 Å². The van der Waals surface area contributed by atoms with Crippen molar-refractivity contribution in [3.05, 3.63) is 47.2 Å². The second kappa shape index (κ2) is 7.03. The minimum absolute atomic E-state index is 0.730. The summed E-state index contributed by atoms with van der Waals surface area (Å²) in [5.74, 6) is 1.47. The summed E-state index contributed by atoms with van der Waals surface area (Å²) in [6.07, 6.45) is 0.803. The molecule has 1 saturated heterocycles. The fraction of sp³-hybridized carbons (Fsp3) is 0.529. The summed E-state index contributed by atoms with van der Waals surface area (Å²) in [4.78, 5) is 4.90. The number of hydrogen-bond donors (Lipinski definition) is 0. The first-order valence-corrected chi connectivity index (χ1v) is 8.04. The van der Waals surface area contributed by atoms with Crippen LogP contribution in [0.3, 0.4) is 0 Å². The molecule has 1 aliphatic rings. The van der Waals surface area contributed by atoms with E-state index in [1.54, 1.807) is 0 Å². The first-order chi connectivity index (χ1) is 10.7. The predicted octanol–water partition coefficient (Wildman–Crippen LogP) is 2.26. The molecule has 22 heavy (non-hydrogen) atoms. The van der Waals surface area contributed by atoms with Gasteiger partial charge in [0.25, 0.3) is 0 Å². The van der Waals surface area contributed by atoms with Crippen LogP contribution >= 0.6 is 0 Å². The van der Waals surface area contributed by atoms with Gasteiger partial charge in [-0.2, -0.15) is 0 Å². The number of rotatable bonds is 5. The van der Waals surface area contributed by atoms with Crippen LogP contribution in [0.4, 0.5) is 0 Å². The molecular formula is C17H24N4O. The van der Waals surface area contributed by atoms with Crippen LogP contribution in [-0.2, 0) is 19.5 Å². The normalized spacial score (nSPS) is 17.0. The molecule has 0 N–H and O–H groups in total. The highest BCUT2D eigenvalue weighted by atomic mass is 16.4. The largest absolute Gasteiger partial charge is 0.424 e. The molecule has 1 aliphatic heterocycles. The Morgan fingerprint density at radius 2 is 1.68 bits per heavy atom. The van der Waals surface area contributed by atoms with Gasteiger partial charge in [-0.25, -0.2) is 0 Å². The monoisotopic (exact) mass is 300 g/mol. The molecule has 1 fully saturated rings. The maximum absolute atomic E-state index is 5.59. The highest BCUT2D eigenvalue weighted by Gasteiger charge is 2.19. The lowest BCUT2D eigenvalue weighted by Crippen LogP contribution is -2.45. The molecule has 0 amide bonds. The third-order valence-electron chi connectivity index (χ3n) is 4.12. The zero-order chi connectivity index (χ0) is 15.4. The Morgan fingerprint density at radius 1 is 1.00 bits per heavy atom. The van der Waals surface area contributed by atoms with E-state index < -0.39 is 0 Å². The molecule has 2 aromatic rings. The highest BCUT2D eigenvalue weighted by molar-refractivity contribution is 5.22. The van der Waals surface area contributed by atoms with Crippen LogP contribution in [0.25, 0.3) is 0 Å². The predicted molar refractivity (Wildman–Crippen MR) is 85.4 cm³/mol. The van der Waals surface area contributed by atoms with Gasteiger partial charge in [-0.05, 0) is 12.5 Å². The molecule has 0 unspecified atom stereocenters. The summed E-state index contributed by atoms with van der Waals surface area (Å²) in [6, 6.07) is 8.78. The highest BCUT2D eigenvalue weighted by Crippen LogP contribution is 2.12. The first-order valence-electron chi connectivity index (χ1n) is 8.04. The number of nitrogens with zero attached hydrogens (tertiary/aromatic N) is 4. The summed E-state index contributed by atoms with van der Waals surface area (Å²) in [5, 5.41) is 8.13. The molecule has 5 nitrogen and oxygen atoms in total. The average Bonchev–Trinajstić information content (AvgIpc) is 2.97. The molecule has 0 spiro atoms. The van der Waals surface area contributed by atoms with E-state index in [0.29, 0.717) is 0 Å². The Morgan fingerprint density at radius 3 is 2.32 bits per heavy atom. The van der Waals surface area contributed by atoms with E-state index in [9.17, 15) is 0 Å². The number of piperazine rings is 1. The van der Waals surface area contributed by atoms with Gasteiger partial charge in [0.05, 0.1) is 6.54 Å². The van der Waals surface area contributed by atoms with Gasteiger partial charge in [-0.3, -0.25) is 9.80 Å². The van der Waals surface area contributed by atoms with Crippen molar-refractivity contribution in [1.29, 1.82) is 0 Å². The zero-order valence-corrected chi connectivity index (χ0v) is 13.5. The molecule has 118 valence electrons. The Labute approximate surface area is 131 Å². The lowest BCUT2D eigenvalue weighted by molar-refractivity contribution is 0.114. The number of aryl methyl sites for hydroxylation is 2. The van der Waals surface area contributed by atoms with Crippen LogP contribution < -0.4 is 0 Å². The van der Waals surface area contributed by atoms with E-state index >= 15 is 0 Å². The van der Waals surface area contributed by atoms with Crippen molar-refractivity contribution in [3.63, 3.8) is 0 Å². The molecule has 1 aromatic heterocycles. The van der Waals surface area contributed by atoms with Crippen LogP contribution in [0.1, 0.15) is 29.8 Å². The van der Waals surface area contributed by atoms with Gasteiger partial charge in [0.2, 0.25) is 11.8 Å². The van der Waals surface area contributed by atoms with E-state index in [2.05, 4.69) is 51.2 Å². The van der Waals surface area contributed by atoms with Crippen LogP contribution in [0.2, 0.25) is 0 Å². The second-order valence-corrected chi connectivity index (χ2v) is 5.98. The van der Waals surface area contributed by atoms with E-state index in [-0.39, 0.29) is 0 Å². The molecule has 1 aromatic carbocycles. The minimum Gasteiger partial charge on any atom is -0.424 e. The quantitative estimate of drug-likeness (QED) is 0.847. The van der Waals surface area contributed by atoms with Gasteiger partial charge >= 0.3 is 0 Å². The minimum atomic E-state index is 0.730. The van der Waals surface area contributed by atoms with Crippen LogP contribution in [-0.4, -0.2) is 46.2 Å². The van der Waals surface area contributed by atoms with E-state index in [1.807, 2.05) is 6.92 Å². The molecule has 5 heteroatoms. The Balaban J connectivity index is 1.47. The Bertz CT molecular complexity index is 602. The van der Waals surface area contributed by atoms with E-state index in [1.165, 1.54) is 11.1 Å². The average molecular weight is 300 g/mol. The fourth-order valence-electron chi connectivity index (χ4n) is 2.86. The van der Waals surface area contributed by atoms with Crippen molar-refractivity contribution in [2.75, 3.05) is 26.2 Å². The SMILES string of the molecule is CCc1nnc(CN2CCN(Cc3cccc(C)c3)CC2)o1. The summed E-state index contributed by atoms with van der Waals surface area (Å²) in [5.41, 5.74) is 2.73. The number of aromatic nitrogens is 2. The van der Waals surface area contributed by atoms with Gasteiger partial charge < -0.3 is 4.42 Å². The fourth-order valence-corrected chi connectivity index (χ4v) is 2.86. The lowest BCUT2D eigenvalue weighted by Gasteiger charge is -2.34. The van der Waals surface area contributed by atoms with Crippen LogP contribution in [0.15, 0.2) is 28.7 Å². The maximum Gasteiger partial charge on any atom is 0.230 e. The molecule has 0 saturated carbocycles. The third kappa shape index (κ3) is 3.93. The molecule has 2 heterocycles. The summed E-state index contributed by atoms with van der Waals surface area (Å²) in [6.45, 7) is 10.3. The number of benzene rings is 1. The van der Waals surface area contributed by atoms with E-state index in [4.69, 9.17) is 4.42 Å². The summed E-state index contributed by atoms with van der Waals surface area (Å²) >= 11 is 0. The van der Waals surface area contributed by atoms with Crippen LogP contribution in [0.5, 0.6) is 0 Å². The van der Waals surface area contributed by atoms with Gasteiger partial charge in [0.1, 0.15) is 0 Å².